The van der Waals surface area contributed by atoms with Gasteiger partial charge in [0.05, 0.1) is 0 Å². The minimum absolute atomic E-state index is 0.0993. The lowest BCUT2D eigenvalue weighted by Gasteiger charge is -2.60. The summed E-state index contributed by atoms with van der Waals surface area (Å²) in [4.78, 5) is 11.4. The van der Waals surface area contributed by atoms with Crippen LogP contribution < -0.4 is 0 Å². The number of carbonyl (C=O) groups excluding carboxylic acids is 1. The van der Waals surface area contributed by atoms with E-state index >= 15 is 0 Å². The Morgan fingerprint density at radius 1 is 1.15 bits per heavy atom. The van der Waals surface area contributed by atoms with Gasteiger partial charge < -0.3 is 4.74 Å². The van der Waals surface area contributed by atoms with Crippen LogP contribution in [-0.4, -0.2) is 17.4 Å². The number of esters is 1. The van der Waals surface area contributed by atoms with Crippen molar-refractivity contribution in [3.63, 3.8) is 0 Å². The predicted molar refractivity (Wildman–Crippen MR) is 109 cm³/mol. The number of alkyl halides is 1. The van der Waals surface area contributed by atoms with E-state index in [-0.39, 0.29) is 12.1 Å². The van der Waals surface area contributed by atoms with Gasteiger partial charge in [0.1, 0.15) is 6.10 Å². The first-order valence-corrected chi connectivity index (χ1v) is 11.9. The molecule has 0 N–H and O–H groups in total. The number of ether oxygens (including phenoxy) is 1. The maximum Gasteiger partial charge on any atom is 0.302 e. The highest BCUT2D eigenvalue weighted by molar-refractivity contribution is 9.09. The van der Waals surface area contributed by atoms with Crippen LogP contribution in [0.5, 0.6) is 0 Å². The molecule has 3 heteroatoms. The zero-order valence-electron chi connectivity index (χ0n) is 16.7. The van der Waals surface area contributed by atoms with Gasteiger partial charge in [0, 0.05) is 12.3 Å². The molecule has 4 rings (SSSR count). The molecular weight excluding hydrogens is 388 g/mol. The Hall–Kier alpha value is -0.310. The van der Waals surface area contributed by atoms with E-state index in [2.05, 4.69) is 35.9 Å². The van der Waals surface area contributed by atoms with Crippen LogP contribution in [0, 0.1) is 34.5 Å². The summed E-state index contributed by atoms with van der Waals surface area (Å²) in [5.41, 5.74) is 2.68. The van der Waals surface area contributed by atoms with Crippen molar-refractivity contribution in [2.24, 2.45) is 34.5 Å². The molecule has 26 heavy (non-hydrogen) atoms. The Bertz CT molecular complexity index is 599. The van der Waals surface area contributed by atoms with Gasteiger partial charge >= 0.3 is 5.97 Å². The van der Waals surface area contributed by atoms with Gasteiger partial charge in [0.25, 0.3) is 0 Å². The van der Waals surface area contributed by atoms with Gasteiger partial charge in [-0.15, -0.1) is 0 Å². The fourth-order valence-electron chi connectivity index (χ4n) is 7.84. The van der Waals surface area contributed by atoms with Gasteiger partial charge in [-0.25, -0.2) is 0 Å². The van der Waals surface area contributed by atoms with E-state index in [4.69, 9.17) is 4.74 Å². The van der Waals surface area contributed by atoms with Crippen LogP contribution in [0.1, 0.15) is 78.6 Å². The maximum absolute atomic E-state index is 11.4. The molecule has 0 unspecified atom stereocenters. The number of carbonyl (C=O) groups is 1. The molecule has 0 aliphatic heterocycles. The van der Waals surface area contributed by atoms with E-state index in [1.54, 1.807) is 12.5 Å². The summed E-state index contributed by atoms with van der Waals surface area (Å²) in [6.07, 6.45) is 14.4. The predicted octanol–water partition coefficient (Wildman–Crippen LogP) is 6.28. The minimum atomic E-state index is -0.0993. The third-order valence-electron chi connectivity index (χ3n) is 9.12. The second kappa shape index (κ2) is 6.94. The summed E-state index contributed by atoms with van der Waals surface area (Å²) in [5.74, 6) is 3.36. The van der Waals surface area contributed by atoms with Gasteiger partial charge in [-0.2, -0.15) is 0 Å². The molecule has 4 aliphatic rings. The Morgan fingerprint density at radius 2 is 1.96 bits per heavy atom. The lowest BCUT2D eigenvalue weighted by Crippen LogP contribution is -2.53. The van der Waals surface area contributed by atoms with Crippen molar-refractivity contribution in [2.75, 3.05) is 5.33 Å². The largest absolute Gasteiger partial charge is 0.463 e. The SMILES string of the molecule is CC(=O)O[C@H]1CC[C@@]2(C)[C@@H](CC[C@H]3[C@H]2CC[C@]2(C)/C(=C/CBr)CC[C@H]32)C1. The molecule has 0 aromatic carbocycles. The number of rotatable bonds is 2. The first kappa shape index (κ1) is 19.0. The number of halogens is 1. The van der Waals surface area contributed by atoms with Crippen LogP contribution in [0.3, 0.4) is 0 Å². The highest BCUT2D eigenvalue weighted by Crippen LogP contribution is 2.67. The Balaban J connectivity index is 1.54. The van der Waals surface area contributed by atoms with E-state index in [1.165, 1.54) is 44.9 Å². The third kappa shape index (κ3) is 2.91. The van der Waals surface area contributed by atoms with Crippen LogP contribution in [0.15, 0.2) is 11.6 Å². The van der Waals surface area contributed by atoms with Crippen LogP contribution in [0.25, 0.3) is 0 Å². The van der Waals surface area contributed by atoms with E-state index in [1.807, 2.05) is 0 Å². The van der Waals surface area contributed by atoms with E-state index in [9.17, 15) is 4.79 Å². The van der Waals surface area contributed by atoms with Gasteiger partial charge in [-0.1, -0.05) is 41.4 Å². The molecule has 0 amide bonds. The van der Waals surface area contributed by atoms with Crippen LogP contribution in [0.2, 0.25) is 0 Å². The molecule has 4 saturated carbocycles. The second-order valence-corrected chi connectivity index (χ2v) is 10.7. The summed E-state index contributed by atoms with van der Waals surface area (Å²) in [5, 5.41) is 1.01. The first-order valence-electron chi connectivity index (χ1n) is 10.8. The van der Waals surface area contributed by atoms with E-state index in [0.29, 0.717) is 10.8 Å². The van der Waals surface area contributed by atoms with Crippen molar-refractivity contribution >= 4 is 21.9 Å². The maximum atomic E-state index is 11.4. The highest BCUT2D eigenvalue weighted by Gasteiger charge is 2.59. The van der Waals surface area contributed by atoms with E-state index < -0.39 is 0 Å². The molecular formula is C23H35BrO2. The Labute approximate surface area is 167 Å². The average molecular weight is 423 g/mol. The van der Waals surface area contributed by atoms with Gasteiger partial charge in [0.2, 0.25) is 0 Å². The van der Waals surface area contributed by atoms with Crippen molar-refractivity contribution in [3.05, 3.63) is 11.6 Å². The van der Waals surface area contributed by atoms with Crippen LogP contribution >= 0.6 is 15.9 Å². The normalized spacial score (nSPS) is 49.2. The van der Waals surface area contributed by atoms with Gasteiger partial charge in [0.15, 0.2) is 0 Å². The molecule has 4 fully saturated rings. The number of allylic oxidation sites excluding steroid dienone is 2. The first-order chi connectivity index (χ1) is 12.4. The summed E-state index contributed by atoms with van der Waals surface area (Å²) in [7, 11) is 0. The fourth-order valence-corrected chi connectivity index (χ4v) is 8.23. The minimum Gasteiger partial charge on any atom is -0.463 e. The third-order valence-corrected chi connectivity index (χ3v) is 9.45. The molecule has 146 valence electrons. The standard InChI is InChI=1S/C23H35BrO2/c1-15(25)26-18-8-11-23(3)17(14-18)4-6-19-20-7-5-16(10-13-24)22(20,2)12-9-21(19)23/h10,17-21H,4-9,11-14H2,1-3H3/b16-10+/t17-,18-,19+,20+,21+,22+,23-/m0/s1. The molecule has 0 aromatic heterocycles. The van der Waals surface area contributed by atoms with Crippen molar-refractivity contribution in [3.8, 4) is 0 Å². The quantitative estimate of drug-likeness (QED) is 0.297. The van der Waals surface area contributed by atoms with Crippen molar-refractivity contribution < 1.29 is 9.53 Å². The molecule has 0 saturated heterocycles. The monoisotopic (exact) mass is 422 g/mol. The summed E-state index contributed by atoms with van der Waals surface area (Å²) >= 11 is 3.63. The van der Waals surface area contributed by atoms with Crippen molar-refractivity contribution in [1.82, 2.24) is 0 Å². The van der Waals surface area contributed by atoms with Crippen molar-refractivity contribution in [2.45, 2.75) is 84.7 Å². The highest BCUT2D eigenvalue weighted by atomic mass is 79.9. The van der Waals surface area contributed by atoms with Crippen LogP contribution in [-0.2, 0) is 9.53 Å². The molecule has 0 heterocycles. The lowest BCUT2D eigenvalue weighted by atomic mass is 9.45. The smallest absolute Gasteiger partial charge is 0.302 e. The molecule has 0 radical (unpaired) electrons. The fraction of sp³-hybridized carbons (Fsp3) is 0.870. The summed E-state index contributed by atoms with van der Waals surface area (Å²) in [6, 6.07) is 0. The summed E-state index contributed by atoms with van der Waals surface area (Å²) < 4.78 is 5.60. The Morgan fingerprint density at radius 3 is 2.69 bits per heavy atom. The molecule has 0 aromatic rings. The zero-order chi connectivity index (χ0) is 18.5. The lowest BCUT2D eigenvalue weighted by molar-refractivity contribution is -0.158. The molecule has 7 atom stereocenters. The topological polar surface area (TPSA) is 26.3 Å². The summed E-state index contributed by atoms with van der Waals surface area (Å²) in [6.45, 7) is 6.72. The molecule has 0 spiro atoms. The molecule has 2 nitrogen and oxygen atoms in total. The van der Waals surface area contributed by atoms with Crippen LogP contribution in [0.4, 0.5) is 0 Å². The van der Waals surface area contributed by atoms with Gasteiger partial charge in [-0.05, 0) is 92.3 Å². The zero-order valence-corrected chi connectivity index (χ0v) is 18.3. The van der Waals surface area contributed by atoms with E-state index in [0.717, 1.165) is 41.8 Å². The molecule has 0 bridgehead atoms. The number of fused-ring (bicyclic) bond motifs is 5. The average Bonchev–Trinajstić information content (AvgIpc) is 2.92. The second-order valence-electron chi connectivity index (χ2n) is 10.0. The molecule has 4 aliphatic carbocycles. The number of hydrogen-bond donors (Lipinski definition) is 0. The van der Waals surface area contributed by atoms with Gasteiger partial charge in [-0.3, -0.25) is 4.79 Å². The number of hydrogen-bond acceptors (Lipinski definition) is 2. The van der Waals surface area contributed by atoms with Crippen molar-refractivity contribution in [1.29, 1.82) is 0 Å². The Kier molecular flexibility index (Phi) is 5.08.